The first-order valence-corrected chi connectivity index (χ1v) is 7.65. The number of carbonyl (C=O) groups is 2. The smallest absolute Gasteiger partial charge is 0.323 e. The summed E-state index contributed by atoms with van der Waals surface area (Å²) >= 11 is 0. The average molecular weight is 299 g/mol. The quantitative estimate of drug-likeness (QED) is 0.779. The van der Waals surface area contributed by atoms with Gasteiger partial charge in [0, 0.05) is 13.1 Å². The summed E-state index contributed by atoms with van der Waals surface area (Å²) in [5.41, 5.74) is 0.106. The Morgan fingerprint density at radius 2 is 1.90 bits per heavy atom. The van der Waals surface area contributed by atoms with Crippen molar-refractivity contribution in [3.8, 4) is 0 Å². The van der Waals surface area contributed by atoms with E-state index in [0.717, 1.165) is 25.9 Å². The number of aliphatic carboxylic acids is 1. The fourth-order valence-electron chi connectivity index (χ4n) is 2.56. The van der Waals surface area contributed by atoms with Crippen molar-refractivity contribution in [3.63, 3.8) is 0 Å². The van der Waals surface area contributed by atoms with Gasteiger partial charge in [-0.25, -0.2) is 4.79 Å². The van der Waals surface area contributed by atoms with Gasteiger partial charge in [0.05, 0.1) is 0 Å². The molecular weight excluding hydrogens is 270 g/mol. The Bertz CT molecular complexity index is 363. The van der Waals surface area contributed by atoms with Gasteiger partial charge in [-0.1, -0.05) is 20.8 Å². The number of carbonyl (C=O) groups excluding carboxylic acids is 1. The number of likely N-dealkylation sites (tertiary alicyclic amines) is 1. The van der Waals surface area contributed by atoms with Crippen molar-refractivity contribution in [2.45, 2.75) is 33.6 Å². The third kappa shape index (κ3) is 6.33. The van der Waals surface area contributed by atoms with E-state index >= 15 is 0 Å². The molecule has 1 aliphatic heterocycles. The van der Waals surface area contributed by atoms with E-state index in [0.29, 0.717) is 13.1 Å². The van der Waals surface area contributed by atoms with Gasteiger partial charge in [0.2, 0.25) is 0 Å². The Hall–Kier alpha value is -1.30. The molecule has 1 aliphatic rings. The van der Waals surface area contributed by atoms with Crippen LogP contribution in [0.15, 0.2) is 0 Å². The minimum absolute atomic E-state index is 0.106. The lowest BCUT2D eigenvalue weighted by Gasteiger charge is -2.38. The van der Waals surface area contributed by atoms with Crippen molar-refractivity contribution in [1.29, 1.82) is 0 Å². The van der Waals surface area contributed by atoms with Crippen LogP contribution in [-0.4, -0.2) is 66.7 Å². The van der Waals surface area contributed by atoms with E-state index in [9.17, 15) is 9.59 Å². The summed E-state index contributed by atoms with van der Waals surface area (Å²) in [6, 6.07) is -0.272. The van der Waals surface area contributed by atoms with Crippen LogP contribution in [-0.2, 0) is 4.79 Å². The Labute approximate surface area is 127 Å². The highest BCUT2D eigenvalue weighted by atomic mass is 16.4. The molecule has 2 amide bonds. The fourth-order valence-corrected chi connectivity index (χ4v) is 2.56. The second-order valence-corrected chi connectivity index (χ2v) is 6.94. The molecule has 0 unspecified atom stereocenters. The normalized spacial score (nSPS) is 18.5. The van der Waals surface area contributed by atoms with Gasteiger partial charge in [-0.05, 0) is 44.3 Å². The predicted molar refractivity (Wildman–Crippen MR) is 82.3 cm³/mol. The predicted octanol–water partition coefficient (Wildman–Crippen LogP) is 1.47. The van der Waals surface area contributed by atoms with E-state index < -0.39 is 5.97 Å². The number of hydrogen-bond donors (Lipinski definition) is 2. The Kier molecular flexibility index (Phi) is 6.45. The van der Waals surface area contributed by atoms with Crippen LogP contribution >= 0.6 is 0 Å². The first kappa shape index (κ1) is 17.8. The maximum absolute atomic E-state index is 12.2. The summed E-state index contributed by atoms with van der Waals surface area (Å²) in [6.45, 7) is 9.02. The number of nitrogens with one attached hydrogen (secondary N) is 1. The lowest BCUT2D eigenvalue weighted by atomic mass is 9.80. The van der Waals surface area contributed by atoms with Crippen LogP contribution in [0.25, 0.3) is 0 Å². The molecule has 1 fully saturated rings. The molecule has 6 nitrogen and oxygen atoms in total. The van der Waals surface area contributed by atoms with E-state index in [2.05, 4.69) is 24.2 Å². The van der Waals surface area contributed by atoms with Crippen molar-refractivity contribution in [2.24, 2.45) is 11.3 Å². The summed E-state index contributed by atoms with van der Waals surface area (Å²) in [6.07, 6.45) is 2.10. The molecule has 122 valence electrons. The molecule has 21 heavy (non-hydrogen) atoms. The second kappa shape index (κ2) is 7.64. The summed E-state index contributed by atoms with van der Waals surface area (Å²) in [5, 5.41) is 11.8. The largest absolute Gasteiger partial charge is 0.480 e. The number of nitrogens with zero attached hydrogens (tertiary/aromatic N) is 2. The molecule has 6 heteroatoms. The highest BCUT2D eigenvalue weighted by molar-refractivity contribution is 5.80. The van der Waals surface area contributed by atoms with Gasteiger partial charge >= 0.3 is 12.0 Å². The van der Waals surface area contributed by atoms with E-state index in [4.69, 9.17) is 5.11 Å². The van der Waals surface area contributed by atoms with Gasteiger partial charge in [0.15, 0.2) is 0 Å². The molecular formula is C15H29N3O3. The average Bonchev–Trinajstić information content (AvgIpc) is 2.38. The van der Waals surface area contributed by atoms with Crippen LogP contribution in [0.1, 0.15) is 33.6 Å². The van der Waals surface area contributed by atoms with Gasteiger partial charge in [0.1, 0.15) is 6.54 Å². The number of hydrogen-bond acceptors (Lipinski definition) is 3. The number of urea groups is 1. The Balaban J connectivity index is 2.50. The van der Waals surface area contributed by atoms with Crippen molar-refractivity contribution >= 4 is 12.0 Å². The van der Waals surface area contributed by atoms with Crippen LogP contribution in [0.4, 0.5) is 4.79 Å². The zero-order valence-electron chi connectivity index (χ0n) is 13.7. The maximum Gasteiger partial charge on any atom is 0.323 e. The zero-order valence-corrected chi connectivity index (χ0v) is 13.7. The van der Waals surface area contributed by atoms with Crippen LogP contribution in [0.2, 0.25) is 0 Å². The van der Waals surface area contributed by atoms with E-state index in [1.165, 1.54) is 4.90 Å². The van der Waals surface area contributed by atoms with Crippen LogP contribution in [0.5, 0.6) is 0 Å². The van der Waals surface area contributed by atoms with Gasteiger partial charge in [0.25, 0.3) is 0 Å². The van der Waals surface area contributed by atoms with E-state index in [1.54, 1.807) is 0 Å². The topological polar surface area (TPSA) is 72.9 Å². The van der Waals surface area contributed by atoms with Crippen molar-refractivity contribution in [2.75, 3.05) is 39.8 Å². The molecule has 0 aromatic heterocycles. The standard InChI is InChI=1S/C15H29N3O3/c1-12(2)9-18(10-13(19)20)14(21)16-11-15(3)5-7-17(4)8-6-15/h12H,5-11H2,1-4H3,(H,16,21)(H,19,20). The number of amides is 2. The SMILES string of the molecule is CC(C)CN(CC(=O)O)C(=O)NCC1(C)CCN(C)CC1. The molecule has 1 rings (SSSR count). The minimum Gasteiger partial charge on any atom is -0.480 e. The molecule has 2 N–H and O–H groups in total. The van der Waals surface area contributed by atoms with Gasteiger partial charge in [-0.2, -0.15) is 0 Å². The summed E-state index contributed by atoms with van der Waals surface area (Å²) in [7, 11) is 2.11. The van der Waals surface area contributed by atoms with Crippen LogP contribution < -0.4 is 5.32 Å². The number of piperidine rings is 1. The minimum atomic E-state index is -0.976. The highest BCUT2D eigenvalue weighted by Crippen LogP contribution is 2.29. The van der Waals surface area contributed by atoms with Gasteiger partial charge < -0.3 is 20.2 Å². The molecule has 0 spiro atoms. The number of rotatable bonds is 6. The first-order valence-electron chi connectivity index (χ1n) is 7.65. The van der Waals surface area contributed by atoms with E-state index in [1.807, 2.05) is 13.8 Å². The number of carboxylic acids is 1. The monoisotopic (exact) mass is 299 g/mol. The van der Waals surface area contributed by atoms with Gasteiger partial charge in [-0.3, -0.25) is 4.79 Å². The third-order valence-corrected chi connectivity index (χ3v) is 4.06. The first-order chi connectivity index (χ1) is 9.72. The molecule has 0 aliphatic carbocycles. The fraction of sp³-hybridized carbons (Fsp3) is 0.867. The number of carboxylic acid groups (broad SMARTS) is 1. The van der Waals surface area contributed by atoms with Crippen molar-refractivity contribution in [1.82, 2.24) is 15.1 Å². The molecule has 0 atom stereocenters. The molecule has 1 heterocycles. The van der Waals surface area contributed by atoms with Crippen molar-refractivity contribution in [3.05, 3.63) is 0 Å². The Morgan fingerprint density at radius 1 is 1.33 bits per heavy atom. The Morgan fingerprint density at radius 3 is 2.38 bits per heavy atom. The molecule has 1 saturated heterocycles. The lowest BCUT2D eigenvalue weighted by molar-refractivity contribution is -0.137. The molecule has 0 saturated carbocycles. The van der Waals surface area contributed by atoms with Crippen LogP contribution in [0.3, 0.4) is 0 Å². The molecule has 0 bridgehead atoms. The zero-order chi connectivity index (χ0) is 16.0. The maximum atomic E-state index is 12.2. The summed E-state index contributed by atoms with van der Waals surface area (Å²) in [4.78, 5) is 26.7. The van der Waals surface area contributed by atoms with Crippen LogP contribution in [0, 0.1) is 11.3 Å². The van der Waals surface area contributed by atoms with E-state index in [-0.39, 0.29) is 23.9 Å². The lowest BCUT2D eigenvalue weighted by Crippen LogP contribution is -2.49. The summed E-state index contributed by atoms with van der Waals surface area (Å²) in [5.74, 6) is -0.731. The second-order valence-electron chi connectivity index (χ2n) is 6.94. The molecule has 0 aromatic rings. The molecule has 0 radical (unpaired) electrons. The van der Waals surface area contributed by atoms with Crippen molar-refractivity contribution < 1.29 is 14.7 Å². The molecule has 0 aromatic carbocycles. The third-order valence-electron chi connectivity index (χ3n) is 4.06. The van der Waals surface area contributed by atoms with Gasteiger partial charge in [-0.15, -0.1) is 0 Å². The summed E-state index contributed by atoms with van der Waals surface area (Å²) < 4.78 is 0. The highest BCUT2D eigenvalue weighted by Gasteiger charge is 2.30.